The molecule has 2 aromatic carbocycles. The number of aromatic amines is 2. The molecule has 1 atom stereocenters. The van der Waals surface area contributed by atoms with Crippen molar-refractivity contribution in [1.82, 2.24) is 24.4 Å². The summed E-state index contributed by atoms with van der Waals surface area (Å²) in [4.78, 5) is 25.7. The van der Waals surface area contributed by atoms with E-state index in [4.69, 9.17) is 4.74 Å². The molecule has 1 aliphatic heterocycles. The maximum absolute atomic E-state index is 13.6. The average molecular weight is 643 g/mol. The van der Waals surface area contributed by atoms with Gasteiger partial charge in [-0.2, -0.15) is 0 Å². The molecule has 0 bridgehead atoms. The quantitative estimate of drug-likeness (QED) is 0.155. The van der Waals surface area contributed by atoms with Gasteiger partial charge >= 0.3 is 0 Å². The molecule has 0 unspecified atom stereocenters. The number of aromatic hydroxyl groups is 1. The molecule has 3 aromatic heterocycles. The highest BCUT2D eigenvalue weighted by molar-refractivity contribution is 9.10. The predicted octanol–water partition coefficient (Wildman–Crippen LogP) is 4.74. The Morgan fingerprint density at radius 2 is 1.98 bits per heavy atom. The van der Waals surface area contributed by atoms with Gasteiger partial charge in [-0.3, -0.25) is 4.79 Å². The van der Waals surface area contributed by atoms with Crippen molar-refractivity contribution in [3.05, 3.63) is 69.2 Å². The van der Waals surface area contributed by atoms with Crippen LogP contribution < -0.4 is 15.6 Å². The zero-order chi connectivity index (χ0) is 29.5. The topological polar surface area (TPSA) is 131 Å². The molecular formula is C29H29BrF2N6O4. The van der Waals surface area contributed by atoms with E-state index in [0.29, 0.717) is 27.9 Å². The molecule has 5 N–H and O–H groups in total. The van der Waals surface area contributed by atoms with Gasteiger partial charge in [0.2, 0.25) is 0 Å². The molecule has 1 aliphatic rings. The summed E-state index contributed by atoms with van der Waals surface area (Å²) in [7, 11) is 2.10. The lowest BCUT2D eigenvalue weighted by Crippen LogP contribution is -2.31. The standard InChI is InChI=1S/C29H29BrF2N6O4/c1-37-6-3-16(4-7-37)38-13-15-8-23-24(9-18(15)29(38)41)36-27(35-23)26-22(2-5-33-28(26)40)34-12-17(39)14-42-25-11-21(32)20(31)10-19(25)30/h2,5,8-11,13,16-17,39,41H,3-4,6-7,12,14H2,1H3,(H,35,36)(H2,33,34,40)/t17-/m1/s1. The van der Waals surface area contributed by atoms with Gasteiger partial charge in [-0.15, -0.1) is 0 Å². The van der Waals surface area contributed by atoms with Crippen LogP contribution in [0.25, 0.3) is 33.2 Å². The van der Waals surface area contributed by atoms with E-state index in [9.17, 15) is 23.8 Å². The van der Waals surface area contributed by atoms with Crippen molar-refractivity contribution in [1.29, 1.82) is 0 Å². The van der Waals surface area contributed by atoms with E-state index in [0.717, 1.165) is 43.5 Å². The fourth-order valence-electron chi connectivity index (χ4n) is 5.34. The van der Waals surface area contributed by atoms with Gasteiger partial charge in [0.15, 0.2) is 17.5 Å². The average Bonchev–Trinajstić information content (AvgIpc) is 3.52. The molecule has 0 spiro atoms. The highest BCUT2D eigenvalue weighted by atomic mass is 79.9. The number of piperidine rings is 1. The highest BCUT2D eigenvalue weighted by Gasteiger charge is 2.23. The number of benzene rings is 2. The van der Waals surface area contributed by atoms with E-state index in [2.05, 4.69) is 48.1 Å². The van der Waals surface area contributed by atoms with Crippen LogP contribution in [0.4, 0.5) is 14.5 Å². The van der Waals surface area contributed by atoms with Crippen molar-refractivity contribution < 1.29 is 23.7 Å². The SMILES string of the molecule is CN1CCC(n2cc3cc4[nH]c(-c5c(NC[C@@H](O)COc6cc(F)c(F)cc6Br)cc[nH]c5=O)nc4cc3c2O)CC1. The maximum Gasteiger partial charge on any atom is 0.261 e. The molecule has 0 radical (unpaired) electrons. The van der Waals surface area contributed by atoms with E-state index in [-0.39, 0.29) is 40.9 Å². The van der Waals surface area contributed by atoms with Crippen LogP contribution in [0, 0.1) is 11.6 Å². The minimum atomic E-state index is -1.06. The molecule has 1 saturated heterocycles. The molecule has 42 heavy (non-hydrogen) atoms. The van der Waals surface area contributed by atoms with Crippen molar-refractivity contribution >= 4 is 43.4 Å². The summed E-state index contributed by atoms with van der Waals surface area (Å²) >= 11 is 3.11. The summed E-state index contributed by atoms with van der Waals surface area (Å²) in [5.41, 5.74) is 1.58. The number of anilines is 1. The second-order valence-corrected chi connectivity index (χ2v) is 11.4. The molecule has 13 heteroatoms. The second kappa shape index (κ2) is 11.4. The van der Waals surface area contributed by atoms with Crippen LogP contribution >= 0.6 is 15.9 Å². The Bertz CT molecular complexity index is 1830. The van der Waals surface area contributed by atoms with Crippen LogP contribution in [0.2, 0.25) is 0 Å². The summed E-state index contributed by atoms with van der Waals surface area (Å²) in [5.74, 6) is -1.51. The van der Waals surface area contributed by atoms with E-state index in [1.54, 1.807) is 6.07 Å². The number of nitrogens with zero attached hydrogens (tertiary/aromatic N) is 3. The minimum absolute atomic E-state index is 0.00312. The molecule has 4 heterocycles. The van der Waals surface area contributed by atoms with Crippen LogP contribution in [0.5, 0.6) is 11.6 Å². The number of hydrogen-bond donors (Lipinski definition) is 5. The first-order valence-electron chi connectivity index (χ1n) is 13.5. The molecule has 220 valence electrons. The second-order valence-electron chi connectivity index (χ2n) is 10.6. The Morgan fingerprint density at radius 3 is 2.76 bits per heavy atom. The third-order valence-corrected chi connectivity index (χ3v) is 8.25. The number of nitrogens with one attached hydrogen (secondary N) is 3. The number of ether oxygens (including phenoxy) is 1. The van der Waals surface area contributed by atoms with Crippen LogP contribution in [0.1, 0.15) is 18.9 Å². The van der Waals surface area contributed by atoms with Crippen LogP contribution in [-0.4, -0.2) is 74.0 Å². The molecule has 6 rings (SSSR count). The van der Waals surface area contributed by atoms with Gasteiger partial charge in [-0.25, -0.2) is 13.8 Å². The van der Waals surface area contributed by atoms with Crippen molar-refractivity contribution in [2.24, 2.45) is 0 Å². The first-order chi connectivity index (χ1) is 20.2. The van der Waals surface area contributed by atoms with Crippen LogP contribution in [-0.2, 0) is 0 Å². The number of likely N-dealkylation sites (tertiary alicyclic amines) is 1. The van der Waals surface area contributed by atoms with E-state index in [1.807, 2.05) is 22.9 Å². The van der Waals surface area contributed by atoms with Gasteiger partial charge in [-0.1, -0.05) is 0 Å². The monoisotopic (exact) mass is 642 g/mol. The van der Waals surface area contributed by atoms with Gasteiger partial charge in [0.05, 0.1) is 21.2 Å². The Hall–Kier alpha value is -3.94. The number of pyridine rings is 1. The van der Waals surface area contributed by atoms with Crippen LogP contribution in [0.15, 0.2) is 52.0 Å². The number of aromatic nitrogens is 4. The number of rotatable bonds is 8. The number of aliphatic hydroxyl groups excluding tert-OH is 1. The number of imidazole rings is 1. The summed E-state index contributed by atoms with van der Waals surface area (Å²) in [6, 6.07) is 7.44. The van der Waals surface area contributed by atoms with Gasteiger partial charge in [0.1, 0.15) is 29.8 Å². The third kappa shape index (κ3) is 5.46. The van der Waals surface area contributed by atoms with Gasteiger partial charge < -0.3 is 39.7 Å². The normalized spacial score (nSPS) is 15.5. The van der Waals surface area contributed by atoms with Crippen molar-refractivity contribution in [2.75, 3.05) is 38.6 Å². The zero-order valence-electron chi connectivity index (χ0n) is 22.6. The lowest BCUT2D eigenvalue weighted by molar-refractivity contribution is 0.117. The van der Waals surface area contributed by atoms with Crippen LogP contribution in [0.3, 0.4) is 0 Å². The molecule has 1 fully saturated rings. The van der Waals surface area contributed by atoms with Crippen molar-refractivity contribution in [3.63, 3.8) is 0 Å². The largest absolute Gasteiger partial charge is 0.494 e. The van der Waals surface area contributed by atoms with Crippen molar-refractivity contribution in [3.8, 4) is 23.0 Å². The molecule has 5 aromatic rings. The van der Waals surface area contributed by atoms with Gasteiger partial charge in [0.25, 0.3) is 5.56 Å². The zero-order valence-corrected chi connectivity index (χ0v) is 24.2. The van der Waals surface area contributed by atoms with Gasteiger partial charge in [0, 0.05) is 41.8 Å². The number of H-pyrrole nitrogens is 2. The molecule has 10 nitrogen and oxygen atoms in total. The highest BCUT2D eigenvalue weighted by Crippen LogP contribution is 2.36. The third-order valence-electron chi connectivity index (χ3n) is 7.63. The van der Waals surface area contributed by atoms with E-state index < -0.39 is 23.3 Å². The molecule has 0 saturated carbocycles. The van der Waals surface area contributed by atoms with Crippen molar-refractivity contribution in [2.45, 2.75) is 25.0 Å². The molecule has 0 aliphatic carbocycles. The Morgan fingerprint density at radius 1 is 1.21 bits per heavy atom. The summed E-state index contributed by atoms with van der Waals surface area (Å²) in [6.07, 6.45) is 4.32. The Labute approximate surface area is 247 Å². The maximum atomic E-state index is 13.6. The first-order valence-corrected chi connectivity index (χ1v) is 14.3. The number of fused-ring (bicyclic) bond motifs is 2. The lowest BCUT2D eigenvalue weighted by atomic mass is 10.1. The Kier molecular flexibility index (Phi) is 7.64. The summed E-state index contributed by atoms with van der Waals surface area (Å²) in [5, 5.41) is 26.1. The molecule has 0 amide bonds. The predicted molar refractivity (Wildman–Crippen MR) is 159 cm³/mol. The first kappa shape index (κ1) is 28.2. The summed E-state index contributed by atoms with van der Waals surface area (Å²) < 4.78 is 34.5. The van der Waals surface area contributed by atoms with Gasteiger partial charge in [-0.05, 0) is 73.2 Å². The minimum Gasteiger partial charge on any atom is -0.494 e. The number of hydrogen-bond acceptors (Lipinski definition) is 7. The molecular weight excluding hydrogens is 614 g/mol. The smallest absolute Gasteiger partial charge is 0.261 e. The van der Waals surface area contributed by atoms with E-state index >= 15 is 0 Å². The Balaban J connectivity index is 1.21. The number of halogens is 3. The summed E-state index contributed by atoms with van der Waals surface area (Å²) in [6.45, 7) is 1.73. The van der Waals surface area contributed by atoms with E-state index in [1.165, 1.54) is 6.20 Å². The number of aliphatic hydroxyl groups is 1. The fraction of sp³-hybridized carbons (Fsp3) is 0.310. The fourth-order valence-corrected chi connectivity index (χ4v) is 5.77. The lowest BCUT2D eigenvalue weighted by Gasteiger charge is -2.30.